The summed E-state index contributed by atoms with van der Waals surface area (Å²) in [5, 5.41) is 12.9. The van der Waals surface area contributed by atoms with Crippen molar-refractivity contribution >= 4 is 11.9 Å². The molecule has 0 spiro atoms. The number of rotatable bonds is 5. The van der Waals surface area contributed by atoms with Gasteiger partial charge in [0.05, 0.1) is 12.7 Å². The minimum atomic E-state index is -0.677. The molecule has 3 rings (SSSR count). The van der Waals surface area contributed by atoms with Crippen molar-refractivity contribution in [2.24, 2.45) is 5.92 Å². The first-order valence-corrected chi connectivity index (χ1v) is 7.93. The smallest absolute Gasteiger partial charge is 0.341 e. The second kappa shape index (κ2) is 6.82. The van der Waals surface area contributed by atoms with Crippen LogP contribution in [0.15, 0.2) is 23.3 Å². The number of pyridine rings is 1. The van der Waals surface area contributed by atoms with Crippen LogP contribution in [0.3, 0.4) is 0 Å². The van der Waals surface area contributed by atoms with E-state index < -0.39 is 17.4 Å². The molecule has 0 aromatic carbocycles. The van der Waals surface area contributed by atoms with Gasteiger partial charge in [-0.3, -0.25) is 24.8 Å². The number of aromatic nitrogens is 5. The Morgan fingerprint density at radius 3 is 2.73 bits per heavy atom. The number of esters is 1. The Labute approximate surface area is 147 Å². The van der Waals surface area contributed by atoms with E-state index in [0.29, 0.717) is 5.92 Å². The molecule has 0 saturated heterocycles. The fourth-order valence-electron chi connectivity index (χ4n) is 2.56. The second-order valence-electron chi connectivity index (χ2n) is 6.20. The van der Waals surface area contributed by atoms with Gasteiger partial charge in [0.1, 0.15) is 11.3 Å². The number of nitrogens with one attached hydrogen (secondary N) is 3. The van der Waals surface area contributed by atoms with Crippen LogP contribution in [-0.4, -0.2) is 44.1 Å². The van der Waals surface area contributed by atoms with Gasteiger partial charge in [0.15, 0.2) is 5.69 Å². The fraction of sp³-hybridized carbons (Fsp3) is 0.312. The summed E-state index contributed by atoms with van der Waals surface area (Å²) >= 11 is 0. The summed E-state index contributed by atoms with van der Waals surface area (Å²) in [4.78, 5) is 36.2. The molecule has 0 unspecified atom stereocenters. The minimum absolute atomic E-state index is 0.0474. The molecule has 0 saturated carbocycles. The maximum absolute atomic E-state index is 12.4. The standard InChI is InChI=1S/C16H18N6O4/c1-8(2)4-9-5-12(18-17-9)15(24)21-22-6-10-13(19-20-14(10)23)11(7-22)16(25)26-3/h5-8H,4H2,1-3H3,(H,17,18)(H,20,23)(H,21,24). The van der Waals surface area contributed by atoms with Gasteiger partial charge in [0.25, 0.3) is 11.5 Å². The summed E-state index contributed by atoms with van der Waals surface area (Å²) in [6, 6.07) is 1.66. The lowest BCUT2D eigenvalue weighted by molar-refractivity contribution is 0.0600. The van der Waals surface area contributed by atoms with Crippen molar-refractivity contribution in [2.45, 2.75) is 20.3 Å². The molecular formula is C16H18N6O4. The largest absolute Gasteiger partial charge is 0.465 e. The van der Waals surface area contributed by atoms with Crippen molar-refractivity contribution in [3.8, 4) is 11.3 Å². The molecule has 136 valence electrons. The normalized spacial score (nSPS) is 11.1. The van der Waals surface area contributed by atoms with E-state index in [-0.39, 0.29) is 22.5 Å². The van der Waals surface area contributed by atoms with Gasteiger partial charge in [-0.05, 0) is 18.4 Å². The van der Waals surface area contributed by atoms with Crippen molar-refractivity contribution in [1.82, 2.24) is 25.1 Å². The SMILES string of the molecule is COC(=O)c1cn(NC(=O)c2cc(CC(C)C)[nH]n2)cc2c(=O)[nH]nc1-2. The summed E-state index contributed by atoms with van der Waals surface area (Å²) in [6.07, 6.45) is 3.46. The van der Waals surface area contributed by atoms with E-state index in [1.165, 1.54) is 24.2 Å². The minimum Gasteiger partial charge on any atom is -0.465 e. The average Bonchev–Trinajstić information content (AvgIpc) is 3.20. The van der Waals surface area contributed by atoms with Gasteiger partial charge in [-0.2, -0.15) is 10.2 Å². The third-order valence-corrected chi connectivity index (χ3v) is 3.69. The van der Waals surface area contributed by atoms with Crippen LogP contribution < -0.4 is 11.0 Å². The van der Waals surface area contributed by atoms with Crippen LogP contribution in [0.25, 0.3) is 11.3 Å². The first-order chi connectivity index (χ1) is 12.4. The number of nitrogens with zero attached hydrogens (tertiary/aromatic N) is 3. The molecule has 0 fully saturated rings. The van der Waals surface area contributed by atoms with Crippen LogP contribution in [0.2, 0.25) is 0 Å². The first kappa shape index (κ1) is 17.4. The van der Waals surface area contributed by atoms with Gasteiger partial charge in [-0.1, -0.05) is 13.8 Å². The molecule has 1 aromatic rings. The number of H-pyrrole nitrogens is 2. The van der Waals surface area contributed by atoms with E-state index in [1.807, 2.05) is 0 Å². The Morgan fingerprint density at radius 1 is 1.27 bits per heavy atom. The zero-order chi connectivity index (χ0) is 18.8. The average molecular weight is 358 g/mol. The van der Waals surface area contributed by atoms with Gasteiger partial charge in [0.2, 0.25) is 0 Å². The number of carbonyl (C=O) groups excluding carboxylic acids is 2. The maximum Gasteiger partial charge on any atom is 0.341 e. The molecule has 0 aliphatic carbocycles. The maximum atomic E-state index is 12.4. The summed E-state index contributed by atoms with van der Waals surface area (Å²) in [5.41, 5.74) is 3.49. The van der Waals surface area contributed by atoms with E-state index in [9.17, 15) is 14.4 Å². The third kappa shape index (κ3) is 3.34. The van der Waals surface area contributed by atoms with Gasteiger partial charge >= 0.3 is 5.97 Å². The molecule has 2 aliphatic heterocycles. The molecule has 1 amide bonds. The van der Waals surface area contributed by atoms with Crippen molar-refractivity contribution in [3.05, 3.63) is 45.8 Å². The van der Waals surface area contributed by atoms with Gasteiger partial charge in [-0.15, -0.1) is 0 Å². The van der Waals surface area contributed by atoms with E-state index in [0.717, 1.165) is 12.1 Å². The van der Waals surface area contributed by atoms with Crippen LogP contribution in [0, 0.1) is 5.92 Å². The second-order valence-corrected chi connectivity index (χ2v) is 6.20. The van der Waals surface area contributed by atoms with Gasteiger partial charge in [0, 0.05) is 18.1 Å². The highest BCUT2D eigenvalue weighted by Gasteiger charge is 2.22. The lowest BCUT2D eigenvalue weighted by Crippen LogP contribution is -2.25. The molecule has 10 heteroatoms. The number of fused-ring (bicyclic) bond motifs is 1. The zero-order valence-electron chi connectivity index (χ0n) is 14.5. The Hall–Kier alpha value is -3.43. The number of carbonyl (C=O) groups is 2. The van der Waals surface area contributed by atoms with E-state index in [4.69, 9.17) is 4.74 Å². The van der Waals surface area contributed by atoms with Crippen LogP contribution in [0.5, 0.6) is 0 Å². The monoisotopic (exact) mass is 358 g/mol. The highest BCUT2D eigenvalue weighted by atomic mass is 16.5. The van der Waals surface area contributed by atoms with Crippen LogP contribution in [0.1, 0.15) is 40.4 Å². The van der Waals surface area contributed by atoms with Gasteiger partial charge in [-0.25, -0.2) is 9.89 Å². The zero-order valence-corrected chi connectivity index (χ0v) is 14.5. The van der Waals surface area contributed by atoms with Crippen LogP contribution in [0.4, 0.5) is 0 Å². The summed E-state index contributed by atoms with van der Waals surface area (Å²) < 4.78 is 5.91. The molecule has 1 aromatic heterocycles. The molecule has 0 atom stereocenters. The number of methoxy groups -OCH3 is 1. The summed E-state index contributed by atoms with van der Waals surface area (Å²) in [7, 11) is 1.22. The Morgan fingerprint density at radius 2 is 2.04 bits per heavy atom. The molecule has 3 N–H and O–H groups in total. The highest BCUT2D eigenvalue weighted by Crippen LogP contribution is 2.20. The quantitative estimate of drug-likeness (QED) is 0.577. The molecule has 26 heavy (non-hydrogen) atoms. The van der Waals surface area contributed by atoms with Crippen molar-refractivity contribution in [1.29, 1.82) is 0 Å². The number of aromatic amines is 2. The topological polar surface area (TPSA) is 135 Å². The Balaban J connectivity index is 1.90. The number of ether oxygens (including phenoxy) is 1. The third-order valence-electron chi connectivity index (χ3n) is 3.69. The fourth-order valence-corrected chi connectivity index (χ4v) is 2.56. The predicted molar refractivity (Wildman–Crippen MR) is 91.6 cm³/mol. The van der Waals surface area contributed by atoms with E-state index in [2.05, 4.69) is 39.7 Å². The van der Waals surface area contributed by atoms with Gasteiger partial charge < -0.3 is 4.74 Å². The summed E-state index contributed by atoms with van der Waals surface area (Å²) in [5.74, 6) is -0.751. The Bertz CT molecular complexity index is 983. The molecule has 10 nitrogen and oxygen atoms in total. The summed E-state index contributed by atoms with van der Waals surface area (Å²) in [6.45, 7) is 4.12. The number of hydrogen-bond acceptors (Lipinski definition) is 6. The number of hydrogen-bond donors (Lipinski definition) is 3. The molecule has 2 aliphatic rings. The number of amides is 1. The molecule has 3 heterocycles. The van der Waals surface area contributed by atoms with E-state index in [1.54, 1.807) is 6.07 Å². The van der Waals surface area contributed by atoms with Crippen molar-refractivity contribution < 1.29 is 14.3 Å². The van der Waals surface area contributed by atoms with Crippen molar-refractivity contribution in [3.63, 3.8) is 0 Å². The van der Waals surface area contributed by atoms with Crippen LogP contribution >= 0.6 is 0 Å². The van der Waals surface area contributed by atoms with E-state index >= 15 is 0 Å². The lowest BCUT2D eigenvalue weighted by Gasteiger charge is -2.12. The molecule has 0 radical (unpaired) electrons. The first-order valence-electron chi connectivity index (χ1n) is 7.93. The lowest BCUT2D eigenvalue weighted by atomic mass is 10.1. The van der Waals surface area contributed by atoms with Crippen LogP contribution in [-0.2, 0) is 11.2 Å². The molecular weight excluding hydrogens is 340 g/mol. The highest BCUT2D eigenvalue weighted by molar-refractivity contribution is 5.99. The van der Waals surface area contributed by atoms with Crippen molar-refractivity contribution in [2.75, 3.05) is 12.5 Å². The Kier molecular flexibility index (Phi) is 4.57. The predicted octanol–water partition coefficient (Wildman–Crippen LogP) is 0.768. The molecule has 0 bridgehead atoms.